The number of carboxylic acid groups (broad SMARTS) is 1. The summed E-state index contributed by atoms with van der Waals surface area (Å²) in [7, 11) is 1.84. The molecule has 1 saturated heterocycles. The van der Waals surface area contributed by atoms with Crippen LogP contribution in [0.4, 0.5) is 0 Å². The van der Waals surface area contributed by atoms with Gasteiger partial charge in [0.15, 0.2) is 0 Å². The van der Waals surface area contributed by atoms with Crippen molar-refractivity contribution in [2.45, 2.75) is 51.5 Å². The molecule has 0 aromatic carbocycles. The number of rotatable bonds is 4. The summed E-state index contributed by atoms with van der Waals surface area (Å²) in [4.78, 5) is 31.8. The van der Waals surface area contributed by atoms with Crippen LogP contribution in [0.1, 0.15) is 55.5 Å². The number of carbonyl (C=O) groups excluding carboxylic acids is 1. The van der Waals surface area contributed by atoms with E-state index in [1.807, 2.05) is 22.2 Å². The maximum Gasteiger partial charge on any atom is 0.317 e. The summed E-state index contributed by atoms with van der Waals surface area (Å²) >= 11 is 1.53. The zero-order chi connectivity index (χ0) is 17.9. The largest absolute Gasteiger partial charge is 0.480 e. The van der Waals surface area contributed by atoms with E-state index in [0.29, 0.717) is 18.8 Å². The molecular formula is C17H27N3O3S. The van der Waals surface area contributed by atoms with E-state index in [2.05, 4.69) is 25.8 Å². The van der Waals surface area contributed by atoms with Crippen molar-refractivity contribution < 1.29 is 14.7 Å². The SMILES string of the molecule is CN(CC(=O)O)C1CCCN(C(=O)c2csc(C(C)(C)C)n2)CC1. The van der Waals surface area contributed by atoms with Gasteiger partial charge in [0.1, 0.15) is 5.69 Å². The fourth-order valence-corrected chi connectivity index (χ4v) is 3.82. The minimum absolute atomic E-state index is 0.0108. The molecule has 1 amide bonds. The van der Waals surface area contributed by atoms with Crippen molar-refractivity contribution in [2.24, 2.45) is 0 Å². The highest BCUT2D eigenvalue weighted by atomic mass is 32.1. The second-order valence-corrected chi connectivity index (χ2v) is 8.33. The number of thiazole rings is 1. The fraction of sp³-hybridized carbons (Fsp3) is 0.706. The van der Waals surface area contributed by atoms with Crippen molar-refractivity contribution in [1.82, 2.24) is 14.8 Å². The molecule has 1 N–H and O–H groups in total. The standard InChI is InChI=1S/C17H27N3O3S/c1-17(2,3)16-18-13(11-24-16)15(23)20-8-5-6-12(7-9-20)19(4)10-14(21)22/h11-12H,5-10H2,1-4H3,(H,21,22). The lowest BCUT2D eigenvalue weighted by molar-refractivity contribution is -0.138. The molecule has 6 nitrogen and oxygen atoms in total. The lowest BCUT2D eigenvalue weighted by Gasteiger charge is -2.25. The van der Waals surface area contributed by atoms with E-state index in [-0.39, 0.29) is 23.9 Å². The second-order valence-electron chi connectivity index (χ2n) is 7.47. The Balaban J connectivity index is 1.99. The van der Waals surface area contributed by atoms with Gasteiger partial charge in [0.2, 0.25) is 0 Å². The summed E-state index contributed by atoms with van der Waals surface area (Å²) in [6, 6.07) is 0.208. The Labute approximate surface area is 147 Å². The molecule has 7 heteroatoms. The van der Waals surface area contributed by atoms with Gasteiger partial charge >= 0.3 is 5.97 Å². The molecule has 1 aromatic heterocycles. The predicted molar refractivity (Wildman–Crippen MR) is 94.6 cm³/mol. The highest BCUT2D eigenvalue weighted by Gasteiger charge is 2.27. The number of likely N-dealkylation sites (tertiary alicyclic amines) is 1. The summed E-state index contributed by atoms with van der Waals surface area (Å²) in [5.41, 5.74) is 0.481. The maximum atomic E-state index is 12.7. The first-order valence-corrected chi connectivity index (χ1v) is 9.23. The number of carbonyl (C=O) groups is 2. The van der Waals surface area contributed by atoms with Gasteiger partial charge in [-0.2, -0.15) is 0 Å². The molecule has 2 heterocycles. The zero-order valence-electron chi connectivity index (χ0n) is 14.9. The smallest absolute Gasteiger partial charge is 0.317 e. The number of carboxylic acids is 1. The van der Waals surface area contributed by atoms with Crippen molar-refractivity contribution in [3.05, 3.63) is 16.1 Å². The normalized spacial score (nSPS) is 19.4. The van der Waals surface area contributed by atoms with Crippen molar-refractivity contribution in [1.29, 1.82) is 0 Å². The summed E-state index contributed by atoms with van der Waals surface area (Å²) in [5.74, 6) is -0.824. The summed E-state index contributed by atoms with van der Waals surface area (Å²) < 4.78 is 0. The lowest BCUT2D eigenvalue weighted by Crippen LogP contribution is -2.37. The Morgan fingerprint density at radius 3 is 2.67 bits per heavy atom. The molecular weight excluding hydrogens is 326 g/mol. The number of hydrogen-bond acceptors (Lipinski definition) is 5. The van der Waals surface area contributed by atoms with Crippen molar-refractivity contribution in [3.63, 3.8) is 0 Å². The van der Waals surface area contributed by atoms with Crippen LogP contribution in [0.15, 0.2) is 5.38 Å². The number of aromatic nitrogens is 1. The maximum absolute atomic E-state index is 12.7. The quantitative estimate of drug-likeness (QED) is 0.900. The molecule has 0 saturated carbocycles. The number of nitrogens with zero attached hydrogens (tertiary/aromatic N) is 3. The first-order valence-electron chi connectivity index (χ1n) is 8.36. The van der Waals surface area contributed by atoms with Gasteiger partial charge in [-0.1, -0.05) is 20.8 Å². The van der Waals surface area contributed by atoms with Crippen LogP contribution in [0.25, 0.3) is 0 Å². The third-order valence-electron chi connectivity index (χ3n) is 4.36. The van der Waals surface area contributed by atoms with Gasteiger partial charge in [-0.25, -0.2) is 4.98 Å². The van der Waals surface area contributed by atoms with Crippen LogP contribution in [0, 0.1) is 0 Å². The Morgan fingerprint density at radius 2 is 2.08 bits per heavy atom. The van der Waals surface area contributed by atoms with Gasteiger partial charge < -0.3 is 10.0 Å². The van der Waals surface area contributed by atoms with Crippen LogP contribution in [-0.4, -0.2) is 64.5 Å². The van der Waals surface area contributed by atoms with Crippen LogP contribution >= 0.6 is 11.3 Å². The minimum Gasteiger partial charge on any atom is -0.480 e. The molecule has 1 unspecified atom stereocenters. The van der Waals surface area contributed by atoms with Crippen LogP contribution in [-0.2, 0) is 10.2 Å². The van der Waals surface area contributed by atoms with Gasteiger partial charge in [0, 0.05) is 29.9 Å². The van der Waals surface area contributed by atoms with E-state index in [4.69, 9.17) is 5.11 Å². The van der Waals surface area contributed by atoms with Gasteiger partial charge in [-0.05, 0) is 26.3 Å². The highest BCUT2D eigenvalue weighted by Crippen LogP contribution is 2.26. The Hall–Kier alpha value is -1.47. The number of amides is 1. The molecule has 134 valence electrons. The third kappa shape index (κ3) is 4.77. The van der Waals surface area contributed by atoms with Gasteiger partial charge in [-0.3, -0.25) is 14.5 Å². The topological polar surface area (TPSA) is 73.7 Å². The highest BCUT2D eigenvalue weighted by molar-refractivity contribution is 7.10. The van der Waals surface area contributed by atoms with Gasteiger partial charge in [0.25, 0.3) is 5.91 Å². The van der Waals surface area contributed by atoms with E-state index >= 15 is 0 Å². The molecule has 1 fully saturated rings. The van der Waals surface area contributed by atoms with Crippen molar-refractivity contribution in [3.8, 4) is 0 Å². The number of likely N-dealkylation sites (N-methyl/N-ethyl adjacent to an activating group) is 1. The average Bonchev–Trinajstić information content (AvgIpc) is 2.84. The number of aliphatic carboxylic acids is 1. The van der Waals surface area contributed by atoms with E-state index in [9.17, 15) is 9.59 Å². The molecule has 24 heavy (non-hydrogen) atoms. The Bertz CT molecular complexity index is 594. The Kier molecular flexibility index (Phi) is 5.98. The van der Waals surface area contributed by atoms with Crippen molar-refractivity contribution >= 4 is 23.2 Å². The average molecular weight is 353 g/mol. The molecule has 2 rings (SSSR count). The molecule has 1 aliphatic rings. The third-order valence-corrected chi connectivity index (χ3v) is 5.63. The lowest BCUT2D eigenvalue weighted by atomic mass is 9.98. The second kappa shape index (κ2) is 7.61. The molecule has 0 radical (unpaired) electrons. The minimum atomic E-state index is -0.813. The molecule has 1 aliphatic heterocycles. The van der Waals surface area contributed by atoms with Crippen LogP contribution in [0.3, 0.4) is 0 Å². The van der Waals surface area contributed by atoms with E-state index < -0.39 is 5.97 Å². The fourth-order valence-electron chi connectivity index (χ4n) is 2.94. The molecule has 1 atom stereocenters. The summed E-state index contributed by atoms with van der Waals surface area (Å²) in [5, 5.41) is 11.7. The zero-order valence-corrected chi connectivity index (χ0v) is 15.7. The molecule has 0 spiro atoms. The van der Waals surface area contributed by atoms with Gasteiger partial charge in [0.05, 0.1) is 11.6 Å². The van der Waals surface area contributed by atoms with Crippen LogP contribution in [0.5, 0.6) is 0 Å². The monoisotopic (exact) mass is 353 g/mol. The summed E-state index contributed by atoms with van der Waals surface area (Å²) in [6.07, 6.45) is 2.60. The number of hydrogen-bond donors (Lipinski definition) is 1. The van der Waals surface area contributed by atoms with Crippen molar-refractivity contribution in [2.75, 3.05) is 26.7 Å². The first kappa shape index (κ1) is 18.9. The van der Waals surface area contributed by atoms with Crippen LogP contribution in [0.2, 0.25) is 0 Å². The molecule has 0 bridgehead atoms. The van der Waals surface area contributed by atoms with Gasteiger partial charge in [-0.15, -0.1) is 11.3 Å². The Morgan fingerprint density at radius 1 is 1.38 bits per heavy atom. The van der Waals surface area contributed by atoms with E-state index in [1.54, 1.807) is 0 Å². The predicted octanol–water partition coefficient (Wildman–Crippen LogP) is 2.45. The van der Waals surface area contributed by atoms with Crippen LogP contribution < -0.4 is 0 Å². The van der Waals surface area contributed by atoms with E-state index in [1.165, 1.54) is 11.3 Å². The molecule has 1 aromatic rings. The first-order chi connectivity index (χ1) is 11.2. The van der Waals surface area contributed by atoms with E-state index in [0.717, 1.165) is 24.3 Å². The molecule has 0 aliphatic carbocycles. The summed E-state index contributed by atoms with van der Waals surface area (Å²) in [6.45, 7) is 7.67.